The van der Waals surface area contributed by atoms with Crippen LogP contribution in [0, 0.1) is 40.4 Å². The fraction of sp³-hybridized carbons (Fsp3) is 0.909. The second-order valence-electron chi connectivity index (χ2n) is 10.3. The molecule has 0 spiro atoms. The quantitative estimate of drug-likeness (QED) is 0.802. The molecule has 3 aliphatic carbocycles. The summed E-state index contributed by atoms with van der Waals surface area (Å²) in [5, 5.41) is 9.59. The van der Waals surface area contributed by atoms with Crippen LogP contribution in [0.25, 0.3) is 0 Å². The number of hydrogen-bond donors (Lipinski definition) is 1. The molecule has 4 nitrogen and oxygen atoms in total. The minimum absolute atomic E-state index is 0.193. The van der Waals surface area contributed by atoms with Crippen LogP contribution < -0.4 is 0 Å². The van der Waals surface area contributed by atoms with Gasteiger partial charge in [-0.1, -0.05) is 20.8 Å². The fourth-order valence-electron chi connectivity index (χ4n) is 8.18. The van der Waals surface area contributed by atoms with Crippen molar-refractivity contribution in [2.75, 3.05) is 7.05 Å². The molecule has 4 heteroatoms. The lowest BCUT2D eigenvalue weighted by Crippen LogP contribution is -2.61. The Kier molecular flexibility index (Phi) is 4.20. The smallest absolute Gasteiger partial charge is 0.306 e. The molecule has 8 atom stereocenters. The first-order valence-electron chi connectivity index (χ1n) is 10.7. The topological polar surface area (TPSA) is 57.6 Å². The second kappa shape index (κ2) is 5.97. The number of piperidine rings is 1. The van der Waals surface area contributed by atoms with Crippen LogP contribution in [0.1, 0.15) is 72.1 Å². The van der Waals surface area contributed by atoms with E-state index in [1.807, 2.05) is 14.0 Å². The van der Waals surface area contributed by atoms with Crippen molar-refractivity contribution in [3.8, 4) is 0 Å². The molecule has 1 amide bonds. The highest BCUT2D eigenvalue weighted by Gasteiger charge is 2.61. The van der Waals surface area contributed by atoms with E-state index in [1.165, 1.54) is 25.7 Å². The Morgan fingerprint density at radius 3 is 2.46 bits per heavy atom. The lowest BCUT2D eigenvalue weighted by atomic mass is 9.46. The first-order chi connectivity index (χ1) is 12.2. The number of fused-ring (bicyclic) bond motifs is 5. The van der Waals surface area contributed by atoms with Gasteiger partial charge in [0.25, 0.3) is 0 Å². The molecule has 4 fully saturated rings. The van der Waals surface area contributed by atoms with Crippen LogP contribution in [0.5, 0.6) is 0 Å². The van der Waals surface area contributed by atoms with Crippen molar-refractivity contribution in [1.82, 2.24) is 4.90 Å². The van der Waals surface area contributed by atoms with E-state index >= 15 is 0 Å². The summed E-state index contributed by atoms with van der Waals surface area (Å²) in [6, 6.07) is 0.407. The molecule has 4 rings (SSSR count). The van der Waals surface area contributed by atoms with Gasteiger partial charge in [0, 0.05) is 19.5 Å². The predicted octanol–water partition coefficient (Wildman–Crippen LogP) is 4.19. The summed E-state index contributed by atoms with van der Waals surface area (Å²) in [5.41, 5.74) is 0.446. The molecular weight excluding hydrogens is 326 g/mol. The zero-order valence-electron chi connectivity index (χ0n) is 16.8. The SMILES string of the molecule is C[C@H](C(=O)O)[C@H]1CC[C@@H]2[C@@H]3CC[C@@H]4N(C)C(=O)CC[C@]4(C)[C@H]3CC[C@@]21C. The van der Waals surface area contributed by atoms with E-state index in [-0.39, 0.29) is 16.7 Å². The standard InChI is InChI=1S/C22H35NO3/c1-13(20(25)26)15-6-7-16-14-5-8-18-22(3,12-10-19(24)23(18)4)17(14)9-11-21(15,16)2/h13-18H,5-12H2,1-4H3,(H,25,26)/t13-,14-,15+,16+,17-,18-,21+,22+/m0/s1. The van der Waals surface area contributed by atoms with Crippen molar-refractivity contribution in [1.29, 1.82) is 0 Å². The maximum Gasteiger partial charge on any atom is 0.306 e. The van der Waals surface area contributed by atoms with E-state index in [0.717, 1.165) is 25.2 Å². The van der Waals surface area contributed by atoms with Crippen LogP contribution in [0.4, 0.5) is 0 Å². The van der Waals surface area contributed by atoms with Crippen LogP contribution in [-0.4, -0.2) is 35.0 Å². The minimum Gasteiger partial charge on any atom is -0.481 e. The second-order valence-corrected chi connectivity index (χ2v) is 10.3. The molecule has 0 aromatic heterocycles. The van der Waals surface area contributed by atoms with E-state index in [9.17, 15) is 14.7 Å². The summed E-state index contributed by atoms with van der Waals surface area (Å²) in [6.07, 6.45) is 8.76. The van der Waals surface area contributed by atoms with E-state index in [1.54, 1.807) is 0 Å². The number of carboxylic acids is 1. The highest BCUT2D eigenvalue weighted by atomic mass is 16.4. The number of nitrogens with zero attached hydrogens (tertiary/aromatic N) is 1. The first-order valence-corrected chi connectivity index (χ1v) is 10.7. The highest BCUT2D eigenvalue weighted by Crippen LogP contribution is 2.67. The molecule has 0 radical (unpaired) electrons. The average Bonchev–Trinajstić information content (AvgIpc) is 2.95. The van der Waals surface area contributed by atoms with E-state index < -0.39 is 5.97 Å². The van der Waals surface area contributed by atoms with Crippen LogP contribution in [-0.2, 0) is 9.59 Å². The van der Waals surface area contributed by atoms with Crippen molar-refractivity contribution in [3.63, 3.8) is 0 Å². The van der Waals surface area contributed by atoms with Gasteiger partial charge >= 0.3 is 5.97 Å². The lowest BCUT2D eigenvalue weighted by Gasteiger charge is -2.62. The van der Waals surface area contributed by atoms with E-state index in [2.05, 4.69) is 18.7 Å². The maximum absolute atomic E-state index is 12.2. The third-order valence-corrected chi connectivity index (χ3v) is 9.62. The highest BCUT2D eigenvalue weighted by molar-refractivity contribution is 5.77. The molecule has 1 saturated heterocycles. The predicted molar refractivity (Wildman–Crippen MR) is 100 cm³/mol. The Morgan fingerprint density at radius 1 is 1.08 bits per heavy atom. The minimum atomic E-state index is -0.623. The normalized spacial score (nSPS) is 49.2. The Balaban J connectivity index is 1.61. The van der Waals surface area contributed by atoms with E-state index in [4.69, 9.17) is 0 Å². The van der Waals surface area contributed by atoms with Crippen LogP contribution in [0.15, 0.2) is 0 Å². The van der Waals surface area contributed by atoms with Gasteiger partial charge in [-0.25, -0.2) is 0 Å². The molecule has 0 bridgehead atoms. The molecule has 4 aliphatic rings. The first kappa shape index (κ1) is 18.3. The number of amides is 1. The summed E-state index contributed by atoms with van der Waals surface area (Å²) >= 11 is 0. The third-order valence-electron chi connectivity index (χ3n) is 9.62. The van der Waals surface area contributed by atoms with Gasteiger partial charge in [-0.05, 0) is 79.4 Å². The number of carbonyl (C=O) groups is 2. The number of hydrogen-bond acceptors (Lipinski definition) is 2. The average molecular weight is 362 g/mol. The maximum atomic E-state index is 12.2. The Bertz CT molecular complexity index is 619. The Morgan fingerprint density at radius 2 is 1.77 bits per heavy atom. The monoisotopic (exact) mass is 361 g/mol. The van der Waals surface area contributed by atoms with Gasteiger partial charge in [0.15, 0.2) is 0 Å². The Hall–Kier alpha value is -1.06. The number of carbonyl (C=O) groups excluding carboxylic acids is 1. The van der Waals surface area contributed by atoms with Gasteiger partial charge in [0.05, 0.1) is 5.92 Å². The number of likely N-dealkylation sites (tertiary alicyclic amines) is 1. The van der Waals surface area contributed by atoms with Crippen molar-refractivity contribution >= 4 is 11.9 Å². The molecule has 26 heavy (non-hydrogen) atoms. The van der Waals surface area contributed by atoms with Gasteiger partial charge < -0.3 is 10.0 Å². The van der Waals surface area contributed by atoms with Gasteiger partial charge in [0.2, 0.25) is 5.91 Å². The molecular formula is C22H35NO3. The lowest BCUT2D eigenvalue weighted by molar-refractivity contribution is -0.160. The van der Waals surface area contributed by atoms with Crippen molar-refractivity contribution < 1.29 is 14.7 Å². The summed E-state index contributed by atoms with van der Waals surface area (Å²) in [7, 11) is 2.01. The van der Waals surface area contributed by atoms with Crippen LogP contribution in [0.2, 0.25) is 0 Å². The van der Waals surface area contributed by atoms with Gasteiger partial charge in [0.1, 0.15) is 0 Å². The van der Waals surface area contributed by atoms with Gasteiger partial charge in [-0.3, -0.25) is 9.59 Å². The zero-order valence-corrected chi connectivity index (χ0v) is 16.8. The van der Waals surface area contributed by atoms with Crippen LogP contribution >= 0.6 is 0 Å². The van der Waals surface area contributed by atoms with Crippen molar-refractivity contribution in [2.24, 2.45) is 40.4 Å². The molecule has 0 aromatic rings. The molecule has 1 aliphatic heterocycles. The summed E-state index contributed by atoms with van der Waals surface area (Å²) < 4.78 is 0. The molecule has 146 valence electrons. The van der Waals surface area contributed by atoms with E-state index in [0.29, 0.717) is 36.1 Å². The van der Waals surface area contributed by atoms with Crippen molar-refractivity contribution in [3.05, 3.63) is 0 Å². The molecule has 3 saturated carbocycles. The Labute approximate surface area is 157 Å². The zero-order chi connectivity index (χ0) is 18.9. The molecule has 0 unspecified atom stereocenters. The largest absolute Gasteiger partial charge is 0.481 e. The summed E-state index contributed by atoms with van der Waals surface area (Å²) in [5.74, 6) is 1.90. The summed E-state index contributed by atoms with van der Waals surface area (Å²) in [6.45, 7) is 6.77. The number of aliphatic carboxylic acids is 1. The molecule has 1 N–H and O–H groups in total. The van der Waals surface area contributed by atoms with Gasteiger partial charge in [-0.15, -0.1) is 0 Å². The fourth-order valence-corrected chi connectivity index (χ4v) is 8.18. The third kappa shape index (κ3) is 2.32. The van der Waals surface area contributed by atoms with Gasteiger partial charge in [-0.2, -0.15) is 0 Å². The number of rotatable bonds is 2. The van der Waals surface area contributed by atoms with Crippen LogP contribution in [0.3, 0.4) is 0 Å². The summed E-state index contributed by atoms with van der Waals surface area (Å²) in [4.78, 5) is 25.9. The number of carboxylic acid groups (broad SMARTS) is 1. The molecule has 1 heterocycles. The van der Waals surface area contributed by atoms with Crippen molar-refractivity contribution in [2.45, 2.75) is 78.2 Å². The molecule has 0 aromatic carbocycles.